The number of nitrogens with one attached hydrogen (secondary N) is 2. The highest BCUT2D eigenvalue weighted by atomic mass is 16.6. The number of hydrogen-bond donors (Lipinski definition) is 2. The molecule has 0 saturated heterocycles. The lowest BCUT2D eigenvalue weighted by atomic mass is 10.1. The molecule has 0 unspecified atom stereocenters. The molecule has 4 rings (SSSR count). The number of hydrogen-bond acceptors (Lipinski definition) is 5. The third kappa shape index (κ3) is 3.22. The normalized spacial score (nSPS) is 13.0. The van der Waals surface area contributed by atoms with Gasteiger partial charge in [-0.25, -0.2) is 0 Å². The molecule has 146 valence electrons. The number of carbonyl (C=O) groups is 3. The number of aromatic amines is 1. The third-order valence-electron chi connectivity index (χ3n) is 4.87. The summed E-state index contributed by atoms with van der Waals surface area (Å²) in [5.74, 6) is -2.05. The van der Waals surface area contributed by atoms with E-state index in [0.29, 0.717) is 13.0 Å². The van der Waals surface area contributed by atoms with E-state index in [-0.39, 0.29) is 11.1 Å². The molecule has 0 saturated carbocycles. The summed E-state index contributed by atoms with van der Waals surface area (Å²) in [7, 11) is 0. The van der Waals surface area contributed by atoms with Crippen LogP contribution in [0.5, 0.6) is 0 Å². The molecule has 0 atom stereocenters. The van der Waals surface area contributed by atoms with Gasteiger partial charge in [0.25, 0.3) is 17.5 Å². The molecule has 9 heteroatoms. The zero-order valence-electron chi connectivity index (χ0n) is 15.2. The summed E-state index contributed by atoms with van der Waals surface area (Å²) >= 11 is 0. The Bertz CT molecular complexity index is 1170. The van der Waals surface area contributed by atoms with Gasteiger partial charge in [-0.2, -0.15) is 0 Å². The van der Waals surface area contributed by atoms with Gasteiger partial charge in [0.1, 0.15) is 12.1 Å². The number of amides is 3. The molecule has 0 bridgehead atoms. The van der Waals surface area contributed by atoms with Crippen LogP contribution >= 0.6 is 0 Å². The van der Waals surface area contributed by atoms with Crippen molar-refractivity contribution in [3.05, 3.63) is 75.5 Å². The Kier molecular flexibility index (Phi) is 4.55. The van der Waals surface area contributed by atoms with E-state index < -0.39 is 34.9 Å². The lowest BCUT2D eigenvalue weighted by Gasteiger charge is -2.13. The van der Waals surface area contributed by atoms with E-state index in [1.165, 1.54) is 12.1 Å². The fraction of sp³-hybridized carbons (Fsp3) is 0.150. The highest BCUT2D eigenvalue weighted by molar-refractivity contribution is 6.24. The molecule has 3 amide bonds. The van der Waals surface area contributed by atoms with Gasteiger partial charge in [-0.15, -0.1) is 0 Å². The molecule has 3 aromatic rings. The predicted octanol–water partition coefficient (Wildman–Crippen LogP) is 2.03. The Hall–Kier alpha value is -4.01. The van der Waals surface area contributed by atoms with Gasteiger partial charge in [0.2, 0.25) is 5.91 Å². The predicted molar refractivity (Wildman–Crippen MR) is 103 cm³/mol. The van der Waals surface area contributed by atoms with Crippen molar-refractivity contribution in [2.75, 3.05) is 13.1 Å². The molecule has 0 aliphatic carbocycles. The van der Waals surface area contributed by atoms with Crippen molar-refractivity contribution < 1.29 is 19.3 Å². The third-order valence-corrected chi connectivity index (χ3v) is 4.87. The number of para-hydroxylation sites is 1. The molecular formula is C20H16N4O5. The first kappa shape index (κ1) is 18.4. The topological polar surface area (TPSA) is 125 Å². The molecule has 0 radical (unpaired) electrons. The van der Waals surface area contributed by atoms with Crippen LogP contribution in [0, 0.1) is 10.1 Å². The van der Waals surface area contributed by atoms with E-state index in [0.717, 1.165) is 27.4 Å². The van der Waals surface area contributed by atoms with Crippen LogP contribution in [-0.4, -0.2) is 45.6 Å². The summed E-state index contributed by atoms with van der Waals surface area (Å²) in [6, 6.07) is 11.6. The van der Waals surface area contributed by atoms with Crippen LogP contribution in [0.3, 0.4) is 0 Å². The van der Waals surface area contributed by atoms with E-state index in [1.54, 1.807) is 0 Å². The quantitative estimate of drug-likeness (QED) is 0.377. The second kappa shape index (κ2) is 7.19. The summed E-state index contributed by atoms with van der Waals surface area (Å²) in [4.78, 5) is 51.5. The Balaban J connectivity index is 1.40. The first-order chi connectivity index (χ1) is 14.0. The van der Waals surface area contributed by atoms with Gasteiger partial charge in [0.05, 0.1) is 10.5 Å². The Labute approximate surface area is 164 Å². The number of carbonyl (C=O) groups excluding carboxylic acids is 3. The molecule has 2 N–H and O–H groups in total. The summed E-state index contributed by atoms with van der Waals surface area (Å²) in [6.45, 7) is -0.165. The lowest BCUT2D eigenvalue weighted by molar-refractivity contribution is -0.385. The van der Waals surface area contributed by atoms with Gasteiger partial charge in [-0.05, 0) is 24.1 Å². The highest BCUT2D eigenvalue weighted by Crippen LogP contribution is 2.30. The van der Waals surface area contributed by atoms with Crippen LogP contribution < -0.4 is 5.32 Å². The van der Waals surface area contributed by atoms with Crippen molar-refractivity contribution in [3.63, 3.8) is 0 Å². The van der Waals surface area contributed by atoms with Crippen molar-refractivity contribution in [1.29, 1.82) is 0 Å². The minimum Gasteiger partial charge on any atom is -0.361 e. The largest absolute Gasteiger partial charge is 0.361 e. The zero-order valence-corrected chi connectivity index (χ0v) is 15.2. The van der Waals surface area contributed by atoms with Crippen LogP contribution in [-0.2, 0) is 11.2 Å². The minimum atomic E-state index is -0.830. The minimum absolute atomic E-state index is 0.0595. The van der Waals surface area contributed by atoms with Crippen LogP contribution in [0.4, 0.5) is 5.69 Å². The molecule has 2 heterocycles. The Morgan fingerprint density at radius 2 is 1.90 bits per heavy atom. The number of aromatic nitrogens is 1. The van der Waals surface area contributed by atoms with Crippen LogP contribution in [0.25, 0.3) is 10.9 Å². The van der Waals surface area contributed by atoms with E-state index in [9.17, 15) is 24.5 Å². The van der Waals surface area contributed by atoms with Crippen molar-refractivity contribution in [2.24, 2.45) is 0 Å². The number of H-pyrrole nitrogens is 1. The fourth-order valence-electron chi connectivity index (χ4n) is 3.49. The van der Waals surface area contributed by atoms with Gasteiger partial charge >= 0.3 is 0 Å². The van der Waals surface area contributed by atoms with E-state index in [2.05, 4.69) is 10.3 Å². The van der Waals surface area contributed by atoms with Crippen molar-refractivity contribution in [2.45, 2.75) is 6.42 Å². The standard InChI is InChI=1S/C20H16N4O5/c25-17(21-9-8-12-10-22-15-6-2-1-4-13(12)15)11-23-19(26)14-5-3-7-16(24(28)29)18(14)20(23)27/h1-7,10,22H,8-9,11H2,(H,21,25). The summed E-state index contributed by atoms with van der Waals surface area (Å²) in [5.41, 5.74) is 1.27. The smallest absolute Gasteiger partial charge is 0.282 e. The highest BCUT2D eigenvalue weighted by Gasteiger charge is 2.41. The number of rotatable bonds is 6. The van der Waals surface area contributed by atoms with Gasteiger partial charge < -0.3 is 10.3 Å². The van der Waals surface area contributed by atoms with Gasteiger partial charge in [-0.1, -0.05) is 24.3 Å². The van der Waals surface area contributed by atoms with Crippen LogP contribution in [0.1, 0.15) is 26.3 Å². The van der Waals surface area contributed by atoms with E-state index in [1.807, 2.05) is 30.5 Å². The molecule has 0 spiro atoms. The molecule has 9 nitrogen and oxygen atoms in total. The summed E-state index contributed by atoms with van der Waals surface area (Å²) < 4.78 is 0. The average Bonchev–Trinajstić information content (AvgIpc) is 3.23. The Morgan fingerprint density at radius 3 is 2.69 bits per heavy atom. The van der Waals surface area contributed by atoms with Crippen molar-refractivity contribution >= 4 is 34.3 Å². The van der Waals surface area contributed by atoms with Crippen molar-refractivity contribution in [1.82, 2.24) is 15.2 Å². The molecule has 2 aromatic carbocycles. The monoisotopic (exact) mass is 392 g/mol. The number of nitro benzene ring substituents is 1. The second-order valence-electron chi connectivity index (χ2n) is 6.61. The molecule has 1 aliphatic rings. The van der Waals surface area contributed by atoms with Crippen LogP contribution in [0.2, 0.25) is 0 Å². The number of nitro groups is 1. The summed E-state index contributed by atoms with van der Waals surface area (Å²) in [6.07, 6.45) is 2.45. The molecular weight excluding hydrogens is 376 g/mol. The lowest BCUT2D eigenvalue weighted by Crippen LogP contribution is -2.40. The molecule has 1 aliphatic heterocycles. The number of imide groups is 1. The van der Waals surface area contributed by atoms with Crippen molar-refractivity contribution in [3.8, 4) is 0 Å². The van der Waals surface area contributed by atoms with E-state index >= 15 is 0 Å². The summed E-state index contributed by atoms with van der Waals surface area (Å²) in [5, 5.41) is 14.9. The zero-order chi connectivity index (χ0) is 20.5. The molecule has 1 aromatic heterocycles. The van der Waals surface area contributed by atoms with E-state index in [4.69, 9.17) is 0 Å². The van der Waals surface area contributed by atoms with Gasteiger partial charge in [0, 0.05) is 29.7 Å². The average molecular weight is 392 g/mol. The number of nitrogens with zero attached hydrogens (tertiary/aromatic N) is 2. The maximum atomic E-state index is 12.5. The SMILES string of the molecule is O=C(CN1C(=O)c2cccc([N+](=O)[O-])c2C1=O)NCCc1c[nH]c2ccccc12. The number of benzene rings is 2. The molecule has 0 fully saturated rings. The van der Waals surface area contributed by atoms with Crippen LogP contribution in [0.15, 0.2) is 48.7 Å². The molecule has 29 heavy (non-hydrogen) atoms. The van der Waals surface area contributed by atoms with Gasteiger partial charge in [-0.3, -0.25) is 29.4 Å². The second-order valence-corrected chi connectivity index (χ2v) is 6.61. The number of fused-ring (bicyclic) bond motifs is 2. The Morgan fingerprint density at radius 1 is 1.10 bits per heavy atom. The first-order valence-electron chi connectivity index (χ1n) is 8.92. The van der Waals surface area contributed by atoms with Gasteiger partial charge in [0.15, 0.2) is 0 Å². The maximum absolute atomic E-state index is 12.5. The fourth-order valence-corrected chi connectivity index (χ4v) is 3.49. The maximum Gasteiger partial charge on any atom is 0.282 e. The first-order valence-corrected chi connectivity index (χ1v) is 8.92.